The summed E-state index contributed by atoms with van der Waals surface area (Å²) in [6.45, 7) is 2.15. The Balaban J connectivity index is 1.36. The van der Waals surface area contributed by atoms with Crippen molar-refractivity contribution in [2.45, 2.75) is 44.6 Å². The molecule has 3 aromatic carbocycles. The molecule has 0 amide bonds. The van der Waals surface area contributed by atoms with Crippen LogP contribution in [0, 0.1) is 23.3 Å². The van der Waals surface area contributed by atoms with Crippen LogP contribution in [0.15, 0.2) is 53.7 Å². The maximum absolute atomic E-state index is 14.8. The first kappa shape index (κ1) is 32.0. The molecular formula is C30H25F9O2S. The number of ether oxygens (including phenoxy) is 2. The van der Waals surface area contributed by atoms with Gasteiger partial charge in [-0.2, -0.15) is 17.6 Å². The second kappa shape index (κ2) is 13.6. The van der Waals surface area contributed by atoms with E-state index in [4.69, 9.17) is 9.47 Å². The van der Waals surface area contributed by atoms with Crippen molar-refractivity contribution in [3.8, 4) is 11.1 Å². The van der Waals surface area contributed by atoms with Crippen LogP contribution in [-0.4, -0.2) is 25.3 Å². The maximum atomic E-state index is 14.8. The summed E-state index contributed by atoms with van der Waals surface area (Å²) in [6.07, 6.45) is -5.15. The van der Waals surface area contributed by atoms with Crippen molar-refractivity contribution < 1.29 is 49.0 Å². The number of halogens is 9. The molecule has 0 aromatic heterocycles. The van der Waals surface area contributed by atoms with Gasteiger partial charge in [-0.25, -0.2) is 22.0 Å². The highest BCUT2D eigenvalue weighted by Crippen LogP contribution is 2.36. The first-order chi connectivity index (χ1) is 19.9. The summed E-state index contributed by atoms with van der Waals surface area (Å²) in [6, 6.07) is 8.94. The standard InChI is InChI=1S/C30H25F9O2S/c1-2-9-42-29(36)28(35)19-12-21(31)26(22(32)13-19)18-6-4-17(5-7-18)20-14-40-25(41-15-20)8-3-16-10-23(33)27(24(34)11-16)30(37,38)39/h4-7,10-13,20,25H,2-3,8-9,14-15H2,1H3/b29-28-. The minimum Gasteiger partial charge on any atom is -0.352 e. The average molecular weight is 621 g/mol. The lowest BCUT2D eigenvalue weighted by Crippen LogP contribution is -2.31. The van der Waals surface area contributed by atoms with Crippen molar-refractivity contribution in [3.63, 3.8) is 0 Å². The van der Waals surface area contributed by atoms with Gasteiger partial charge in [-0.1, -0.05) is 43.0 Å². The molecule has 1 heterocycles. The van der Waals surface area contributed by atoms with E-state index in [1.165, 1.54) is 12.1 Å². The Kier molecular flexibility index (Phi) is 10.3. The van der Waals surface area contributed by atoms with E-state index in [1.54, 1.807) is 19.1 Å². The number of alkyl halides is 3. The molecule has 42 heavy (non-hydrogen) atoms. The molecule has 0 radical (unpaired) electrons. The fourth-order valence-electron chi connectivity index (χ4n) is 4.49. The number of rotatable bonds is 9. The van der Waals surface area contributed by atoms with Crippen LogP contribution in [0.1, 0.15) is 47.9 Å². The van der Waals surface area contributed by atoms with E-state index >= 15 is 0 Å². The second-order valence-electron chi connectivity index (χ2n) is 9.64. The molecule has 1 fully saturated rings. The molecule has 4 rings (SSSR count). The number of thioether (sulfide) groups is 1. The average Bonchev–Trinajstić information content (AvgIpc) is 2.93. The van der Waals surface area contributed by atoms with Crippen molar-refractivity contribution in [1.82, 2.24) is 0 Å². The summed E-state index contributed by atoms with van der Waals surface area (Å²) in [5.41, 5.74) is -1.94. The zero-order valence-electron chi connectivity index (χ0n) is 22.1. The maximum Gasteiger partial charge on any atom is 0.422 e. The summed E-state index contributed by atoms with van der Waals surface area (Å²) in [7, 11) is 0. The minimum atomic E-state index is -5.15. The van der Waals surface area contributed by atoms with Crippen LogP contribution >= 0.6 is 11.8 Å². The quantitative estimate of drug-likeness (QED) is 0.222. The van der Waals surface area contributed by atoms with Crippen molar-refractivity contribution in [2.24, 2.45) is 0 Å². The molecule has 12 heteroatoms. The lowest BCUT2D eigenvalue weighted by Gasteiger charge is -2.30. The van der Waals surface area contributed by atoms with Gasteiger partial charge in [-0.3, -0.25) is 0 Å². The fraction of sp³-hybridized carbons (Fsp3) is 0.333. The Bertz CT molecular complexity index is 1380. The summed E-state index contributed by atoms with van der Waals surface area (Å²) in [5, 5.41) is -1.14. The normalized spacial score (nSPS) is 18.2. The molecule has 0 bridgehead atoms. The molecule has 0 atom stereocenters. The third-order valence-corrected chi connectivity index (χ3v) is 7.64. The summed E-state index contributed by atoms with van der Waals surface area (Å²) < 4.78 is 135. The van der Waals surface area contributed by atoms with Crippen LogP contribution in [0.3, 0.4) is 0 Å². The fourth-order valence-corrected chi connectivity index (χ4v) is 5.12. The van der Waals surface area contributed by atoms with Gasteiger partial charge in [0, 0.05) is 23.7 Å². The Morgan fingerprint density at radius 3 is 1.95 bits per heavy atom. The van der Waals surface area contributed by atoms with E-state index in [0.29, 0.717) is 36.1 Å². The smallest absolute Gasteiger partial charge is 0.352 e. The van der Waals surface area contributed by atoms with Crippen LogP contribution in [0.5, 0.6) is 0 Å². The van der Waals surface area contributed by atoms with Crippen molar-refractivity contribution in [1.29, 1.82) is 0 Å². The van der Waals surface area contributed by atoms with Crippen LogP contribution in [0.2, 0.25) is 0 Å². The van der Waals surface area contributed by atoms with E-state index in [0.717, 1.165) is 17.7 Å². The second-order valence-corrected chi connectivity index (χ2v) is 10.7. The van der Waals surface area contributed by atoms with Crippen molar-refractivity contribution in [3.05, 3.63) is 99.2 Å². The van der Waals surface area contributed by atoms with Gasteiger partial charge in [0.15, 0.2) is 17.3 Å². The monoisotopic (exact) mass is 620 g/mol. The Morgan fingerprint density at radius 1 is 0.857 bits per heavy atom. The van der Waals surface area contributed by atoms with Crippen LogP contribution in [0.25, 0.3) is 17.0 Å². The number of hydrogen-bond acceptors (Lipinski definition) is 3. The van der Waals surface area contributed by atoms with E-state index in [9.17, 15) is 39.5 Å². The molecule has 0 N–H and O–H groups in total. The largest absolute Gasteiger partial charge is 0.422 e. The molecule has 0 saturated carbocycles. The van der Waals surface area contributed by atoms with E-state index in [-0.39, 0.29) is 43.1 Å². The van der Waals surface area contributed by atoms with E-state index in [1.807, 2.05) is 0 Å². The predicted octanol–water partition coefficient (Wildman–Crippen LogP) is 9.73. The van der Waals surface area contributed by atoms with E-state index < -0.39 is 63.4 Å². The SMILES string of the molecule is CCCS/C(F)=C(\F)c1cc(F)c(-c2ccc(C3COC(CCc4cc(F)c(C(F)(F)F)c(F)c4)OC3)cc2)c(F)c1. The number of benzene rings is 3. The third kappa shape index (κ3) is 7.51. The van der Waals surface area contributed by atoms with Crippen LogP contribution < -0.4 is 0 Å². The summed E-state index contributed by atoms with van der Waals surface area (Å²) in [4.78, 5) is 0. The molecular weight excluding hydrogens is 595 g/mol. The molecule has 1 aliphatic rings. The molecule has 0 aliphatic carbocycles. The lowest BCUT2D eigenvalue weighted by molar-refractivity contribution is -0.189. The summed E-state index contributed by atoms with van der Waals surface area (Å²) in [5.74, 6) is -6.76. The molecule has 226 valence electrons. The van der Waals surface area contributed by atoms with Gasteiger partial charge in [0.25, 0.3) is 0 Å². The molecule has 0 spiro atoms. The molecule has 3 aromatic rings. The zero-order chi connectivity index (χ0) is 30.6. The van der Waals surface area contributed by atoms with Crippen molar-refractivity contribution in [2.75, 3.05) is 19.0 Å². The number of aryl methyl sites for hydroxylation is 1. The van der Waals surface area contributed by atoms with Crippen LogP contribution in [-0.2, 0) is 22.1 Å². The predicted molar refractivity (Wildman–Crippen MR) is 142 cm³/mol. The van der Waals surface area contributed by atoms with E-state index in [2.05, 4.69) is 0 Å². The van der Waals surface area contributed by atoms with Gasteiger partial charge in [0.2, 0.25) is 0 Å². The first-order valence-electron chi connectivity index (χ1n) is 12.9. The Hall–Kier alpha value is -2.96. The summed E-state index contributed by atoms with van der Waals surface area (Å²) >= 11 is 0.622. The van der Waals surface area contributed by atoms with Gasteiger partial charge in [0.1, 0.15) is 28.8 Å². The number of hydrogen-bond donors (Lipinski definition) is 0. The molecule has 2 nitrogen and oxygen atoms in total. The zero-order valence-corrected chi connectivity index (χ0v) is 23.0. The highest BCUT2D eigenvalue weighted by molar-refractivity contribution is 8.03. The Labute approximate surface area is 240 Å². The van der Waals surface area contributed by atoms with Gasteiger partial charge >= 0.3 is 6.18 Å². The first-order valence-corrected chi connectivity index (χ1v) is 13.9. The topological polar surface area (TPSA) is 18.5 Å². The van der Waals surface area contributed by atoms with Gasteiger partial charge in [-0.05, 0) is 53.8 Å². The third-order valence-electron chi connectivity index (χ3n) is 6.59. The molecule has 1 saturated heterocycles. The highest BCUT2D eigenvalue weighted by Gasteiger charge is 2.38. The lowest BCUT2D eigenvalue weighted by atomic mass is 9.95. The Morgan fingerprint density at radius 2 is 1.43 bits per heavy atom. The molecule has 1 aliphatic heterocycles. The van der Waals surface area contributed by atoms with Crippen molar-refractivity contribution >= 4 is 17.6 Å². The minimum absolute atomic E-state index is 0.00976. The van der Waals surface area contributed by atoms with Gasteiger partial charge in [-0.15, -0.1) is 0 Å². The molecule has 0 unspecified atom stereocenters. The van der Waals surface area contributed by atoms with Gasteiger partial charge in [0.05, 0.1) is 18.8 Å². The van der Waals surface area contributed by atoms with Crippen LogP contribution in [0.4, 0.5) is 39.5 Å². The van der Waals surface area contributed by atoms with Gasteiger partial charge < -0.3 is 9.47 Å². The highest BCUT2D eigenvalue weighted by atomic mass is 32.2.